The van der Waals surface area contributed by atoms with E-state index in [-0.39, 0.29) is 0 Å². The van der Waals surface area contributed by atoms with Crippen molar-refractivity contribution in [3.63, 3.8) is 0 Å². The molecule has 0 radical (unpaired) electrons. The van der Waals surface area contributed by atoms with Gasteiger partial charge in [-0.3, -0.25) is 0 Å². The number of aromatic nitrogens is 3. The molecule has 3 aromatic rings. The number of imidazole rings is 1. The normalized spacial score (nSPS) is 11.8. The summed E-state index contributed by atoms with van der Waals surface area (Å²) in [6, 6.07) is 8.13. The number of nitrogens with zero attached hydrogens (tertiary/aromatic N) is 3. The van der Waals surface area contributed by atoms with Crippen LogP contribution in [0.25, 0.3) is 21.9 Å². The summed E-state index contributed by atoms with van der Waals surface area (Å²) in [5.74, 6) is 2.07. The molecule has 0 aliphatic carbocycles. The van der Waals surface area contributed by atoms with E-state index in [9.17, 15) is 0 Å². The van der Waals surface area contributed by atoms with E-state index in [1.54, 1.807) is 0 Å². The highest BCUT2D eigenvalue weighted by Crippen LogP contribution is 2.29. The van der Waals surface area contributed by atoms with E-state index < -0.39 is 0 Å². The Morgan fingerprint density at radius 1 is 1.23 bits per heavy atom. The van der Waals surface area contributed by atoms with E-state index in [1.807, 2.05) is 18.2 Å². The van der Waals surface area contributed by atoms with Crippen molar-refractivity contribution in [2.75, 3.05) is 12.3 Å². The van der Waals surface area contributed by atoms with Crippen LogP contribution in [0.3, 0.4) is 0 Å². The maximum Gasteiger partial charge on any atom is 0.152 e. The molecule has 0 saturated carbocycles. The summed E-state index contributed by atoms with van der Waals surface area (Å²) in [5.41, 5.74) is 8.99. The molecule has 3 rings (SSSR count). The summed E-state index contributed by atoms with van der Waals surface area (Å²) in [5, 5.41) is 4.48. The third kappa shape index (κ3) is 2.52. The maximum absolute atomic E-state index is 6.16. The summed E-state index contributed by atoms with van der Waals surface area (Å²) in [6.07, 6.45) is 0. The number of pyridine rings is 1. The largest absolute Gasteiger partial charge is 0.382 e. The van der Waals surface area contributed by atoms with E-state index in [4.69, 9.17) is 10.7 Å². The molecule has 0 fully saturated rings. The van der Waals surface area contributed by atoms with E-state index in [0.29, 0.717) is 11.7 Å². The fraction of sp³-hybridized carbons (Fsp3) is 0.412. The number of benzene rings is 1. The number of nitrogen functional groups attached to an aromatic ring is 1. The standard InChI is InChI=1S/C17H23N5/c1-4-19-9-14-21-15-16(22(14)10-11(2)3)12-7-5-6-8-13(12)20-17(15)18/h5-8,11,19H,4,9-10H2,1-3H3,(H2,18,20). The summed E-state index contributed by atoms with van der Waals surface area (Å²) in [7, 11) is 0. The number of nitrogens with two attached hydrogens (primary N) is 1. The molecular formula is C17H23N5. The summed E-state index contributed by atoms with van der Waals surface area (Å²) < 4.78 is 2.29. The quantitative estimate of drug-likeness (QED) is 0.759. The van der Waals surface area contributed by atoms with Gasteiger partial charge in [0, 0.05) is 11.9 Å². The van der Waals surface area contributed by atoms with Gasteiger partial charge in [-0.1, -0.05) is 39.0 Å². The first-order valence-electron chi connectivity index (χ1n) is 7.85. The Morgan fingerprint density at radius 3 is 2.73 bits per heavy atom. The van der Waals surface area contributed by atoms with E-state index in [0.717, 1.165) is 47.4 Å². The van der Waals surface area contributed by atoms with Crippen LogP contribution in [-0.2, 0) is 13.1 Å². The van der Waals surface area contributed by atoms with Crippen molar-refractivity contribution in [1.29, 1.82) is 0 Å². The van der Waals surface area contributed by atoms with E-state index in [2.05, 4.69) is 41.7 Å². The molecule has 2 heterocycles. The first kappa shape index (κ1) is 14.8. The molecule has 0 aliphatic heterocycles. The van der Waals surface area contributed by atoms with Crippen molar-refractivity contribution >= 4 is 27.8 Å². The zero-order valence-corrected chi connectivity index (χ0v) is 13.4. The Bertz CT molecular complexity index is 804. The zero-order valence-electron chi connectivity index (χ0n) is 13.4. The average molecular weight is 297 g/mol. The van der Waals surface area contributed by atoms with Crippen molar-refractivity contribution in [2.24, 2.45) is 5.92 Å². The average Bonchev–Trinajstić information content (AvgIpc) is 2.84. The first-order valence-corrected chi connectivity index (χ1v) is 7.85. The zero-order chi connectivity index (χ0) is 15.7. The summed E-state index contributed by atoms with van der Waals surface area (Å²) in [6.45, 7) is 9.11. The molecule has 0 saturated heterocycles. The van der Waals surface area contributed by atoms with Crippen molar-refractivity contribution in [2.45, 2.75) is 33.9 Å². The van der Waals surface area contributed by atoms with Crippen LogP contribution in [0.15, 0.2) is 24.3 Å². The van der Waals surface area contributed by atoms with Crippen LogP contribution in [0, 0.1) is 5.92 Å². The third-order valence-corrected chi connectivity index (χ3v) is 3.77. The lowest BCUT2D eigenvalue weighted by Crippen LogP contribution is -2.17. The van der Waals surface area contributed by atoms with Gasteiger partial charge in [-0.05, 0) is 18.5 Å². The lowest BCUT2D eigenvalue weighted by atomic mass is 10.1. The van der Waals surface area contributed by atoms with Gasteiger partial charge in [-0.15, -0.1) is 0 Å². The molecule has 1 aromatic carbocycles. The molecule has 0 atom stereocenters. The minimum atomic E-state index is 0.508. The van der Waals surface area contributed by atoms with Crippen molar-refractivity contribution < 1.29 is 0 Å². The Kier molecular flexibility index (Phi) is 3.98. The van der Waals surface area contributed by atoms with Gasteiger partial charge in [-0.2, -0.15) is 0 Å². The number of nitrogens with one attached hydrogen (secondary N) is 1. The number of anilines is 1. The number of fused-ring (bicyclic) bond motifs is 3. The highest BCUT2D eigenvalue weighted by atomic mass is 15.1. The van der Waals surface area contributed by atoms with Gasteiger partial charge in [0.05, 0.1) is 17.6 Å². The molecule has 0 bridgehead atoms. The smallest absolute Gasteiger partial charge is 0.152 e. The second kappa shape index (κ2) is 5.93. The van der Waals surface area contributed by atoms with Crippen LogP contribution in [0.4, 0.5) is 5.82 Å². The van der Waals surface area contributed by atoms with Crippen molar-refractivity contribution in [1.82, 2.24) is 19.9 Å². The summed E-state index contributed by atoms with van der Waals surface area (Å²) in [4.78, 5) is 9.27. The van der Waals surface area contributed by atoms with Crippen molar-refractivity contribution in [3.05, 3.63) is 30.1 Å². The van der Waals surface area contributed by atoms with Gasteiger partial charge < -0.3 is 15.6 Å². The minimum absolute atomic E-state index is 0.508. The Hall–Kier alpha value is -2.14. The molecule has 0 amide bonds. The van der Waals surface area contributed by atoms with Crippen LogP contribution >= 0.6 is 0 Å². The second-order valence-electron chi connectivity index (χ2n) is 6.02. The van der Waals surface area contributed by atoms with Gasteiger partial charge in [0.15, 0.2) is 5.82 Å². The predicted molar refractivity (Wildman–Crippen MR) is 91.7 cm³/mol. The molecule has 0 spiro atoms. The van der Waals surface area contributed by atoms with Gasteiger partial charge in [0.1, 0.15) is 11.3 Å². The van der Waals surface area contributed by atoms with Gasteiger partial charge in [-0.25, -0.2) is 9.97 Å². The fourth-order valence-corrected chi connectivity index (χ4v) is 2.84. The SMILES string of the molecule is CCNCc1nc2c(N)nc3ccccc3c2n1CC(C)C. The molecule has 0 aliphatic rings. The van der Waals surface area contributed by atoms with Gasteiger partial charge in [0.25, 0.3) is 0 Å². The Balaban J connectivity index is 2.32. The number of rotatable bonds is 5. The molecular weight excluding hydrogens is 274 g/mol. The molecule has 0 unspecified atom stereocenters. The lowest BCUT2D eigenvalue weighted by Gasteiger charge is -2.13. The van der Waals surface area contributed by atoms with Gasteiger partial charge in [0.2, 0.25) is 0 Å². The highest BCUT2D eigenvalue weighted by molar-refractivity contribution is 6.06. The molecule has 2 aromatic heterocycles. The molecule has 3 N–H and O–H groups in total. The number of hydrogen-bond acceptors (Lipinski definition) is 4. The molecule has 116 valence electrons. The molecule has 22 heavy (non-hydrogen) atoms. The van der Waals surface area contributed by atoms with Gasteiger partial charge >= 0.3 is 0 Å². The number of hydrogen-bond donors (Lipinski definition) is 2. The van der Waals surface area contributed by atoms with E-state index >= 15 is 0 Å². The first-order chi connectivity index (χ1) is 10.6. The number of para-hydroxylation sites is 1. The van der Waals surface area contributed by atoms with Crippen LogP contribution in [0.5, 0.6) is 0 Å². The third-order valence-electron chi connectivity index (χ3n) is 3.77. The summed E-state index contributed by atoms with van der Waals surface area (Å²) >= 11 is 0. The highest BCUT2D eigenvalue weighted by Gasteiger charge is 2.17. The maximum atomic E-state index is 6.16. The monoisotopic (exact) mass is 297 g/mol. The van der Waals surface area contributed by atoms with Crippen molar-refractivity contribution in [3.8, 4) is 0 Å². The second-order valence-corrected chi connectivity index (χ2v) is 6.02. The Labute approximate surface area is 130 Å². The minimum Gasteiger partial charge on any atom is -0.382 e. The predicted octanol–water partition coefficient (Wildman–Crippen LogP) is 2.93. The van der Waals surface area contributed by atoms with Crippen LogP contribution in [0.1, 0.15) is 26.6 Å². The van der Waals surface area contributed by atoms with Crippen LogP contribution in [0.2, 0.25) is 0 Å². The Morgan fingerprint density at radius 2 is 2.00 bits per heavy atom. The topological polar surface area (TPSA) is 68.8 Å². The van der Waals surface area contributed by atoms with Crippen LogP contribution in [-0.4, -0.2) is 21.1 Å². The van der Waals surface area contributed by atoms with E-state index in [1.165, 1.54) is 0 Å². The van der Waals surface area contributed by atoms with Crippen LogP contribution < -0.4 is 11.1 Å². The fourth-order valence-electron chi connectivity index (χ4n) is 2.84. The molecule has 5 heteroatoms. The molecule has 5 nitrogen and oxygen atoms in total. The lowest BCUT2D eigenvalue weighted by molar-refractivity contribution is 0.508.